The average Bonchev–Trinajstić information content (AvgIpc) is 3.05. The number of nitrogens with one attached hydrogen (secondary N) is 1. The molecule has 4 nitrogen and oxygen atoms in total. The highest BCUT2D eigenvalue weighted by Crippen LogP contribution is 2.41. The van der Waals surface area contributed by atoms with Crippen LogP contribution < -0.4 is 5.32 Å². The van der Waals surface area contributed by atoms with Gasteiger partial charge in [-0.3, -0.25) is 4.99 Å². The lowest BCUT2D eigenvalue weighted by Gasteiger charge is -2.20. The van der Waals surface area contributed by atoms with Crippen LogP contribution in [-0.4, -0.2) is 36.1 Å². The molecule has 0 aromatic carbocycles. The first kappa shape index (κ1) is 12.7. The van der Waals surface area contributed by atoms with Gasteiger partial charge in [-0.25, -0.2) is 4.79 Å². The second-order valence-corrected chi connectivity index (χ2v) is 6.26. The molecule has 0 bridgehead atoms. The molecular formula is C12H20N2O2S. The summed E-state index contributed by atoms with van der Waals surface area (Å²) in [5, 5.41) is 4.75. The van der Waals surface area contributed by atoms with Crippen molar-refractivity contribution in [1.29, 1.82) is 0 Å². The lowest BCUT2D eigenvalue weighted by molar-refractivity contribution is -0.143. The van der Waals surface area contributed by atoms with Crippen molar-refractivity contribution < 1.29 is 9.53 Å². The van der Waals surface area contributed by atoms with E-state index in [1.807, 2.05) is 13.8 Å². The average molecular weight is 256 g/mol. The Hall–Kier alpha value is -0.710. The first-order chi connectivity index (χ1) is 8.11. The second kappa shape index (κ2) is 5.29. The Bertz CT molecular complexity index is 326. The molecule has 1 aliphatic heterocycles. The highest BCUT2D eigenvalue weighted by atomic mass is 32.2. The fourth-order valence-corrected chi connectivity index (χ4v) is 3.19. The molecule has 0 radical (unpaired) electrons. The van der Waals surface area contributed by atoms with Crippen molar-refractivity contribution in [2.24, 2.45) is 16.8 Å². The molecule has 1 heterocycles. The lowest BCUT2D eigenvalue weighted by Crippen LogP contribution is -2.43. The van der Waals surface area contributed by atoms with E-state index >= 15 is 0 Å². The quantitative estimate of drug-likeness (QED) is 0.777. The van der Waals surface area contributed by atoms with E-state index in [0.717, 1.165) is 17.6 Å². The summed E-state index contributed by atoms with van der Waals surface area (Å²) < 4.78 is 4.80. The number of carbonyl (C=O) groups excluding carboxylic acids is 1. The van der Waals surface area contributed by atoms with Gasteiger partial charge in [-0.1, -0.05) is 25.6 Å². The summed E-state index contributed by atoms with van der Waals surface area (Å²) in [7, 11) is 1.43. The van der Waals surface area contributed by atoms with Crippen molar-refractivity contribution in [2.45, 2.75) is 38.0 Å². The maximum Gasteiger partial charge on any atom is 0.328 e. The highest BCUT2D eigenvalue weighted by molar-refractivity contribution is 8.14. The molecule has 2 rings (SSSR count). The molecule has 2 aliphatic rings. The number of aliphatic imine (C=N–C) groups is 1. The van der Waals surface area contributed by atoms with Crippen molar-refractivity contribution in [2.75, 3.05) is 13.7 Å². The zero-order valence-corrected chi connectivity index (χ0v) is 11.4. The van der Waals surface area contributed by atoms with Gasteiger partial charge in [0.05, 0.1) is 13.7 Å². The molecule has 0 spiro atoms. The lowest BCUT2D eigenvalue weighted by atomic mass is 10.1. The number of methoxy groups -OCH3 is 1. The summed E-state index contributed by atoms with van der Waals surface area (Å²) in [4.78, 5) is 16.1. The van der Waals surface area contributed by atoms with E-state index in [-0.39, 0.29) is 17.9 Å². The molecule has 96 valence electrons. The maximum absolute atomic E-state index is 11.6. The van der Waals surface area contributed by atoms with Crippen LogP contribution in [0.1, 0.15) is 26.7 Å². The number of amidine groups is 1. The molecule has 17 heavy (non-hydrogen) atoms. The maximum atomic E-state index is 11.6. The largest absolute Gasteiger partial charge is 0.467 e. The number of rotatable bonds is 4. The van der Waals surface area contributed by atoms with Gasteiger partial charge in [0.1, 0.15) is 6.04 Å². The summed E-state index contributed by atoms with van der Waals surface area (Å²) in [6.45, 7) is 4.91. The van der Waals surface area contributed by atoms with Crippen LogP contribution in [0.25, 0.3) is 0 Å². The first-order valence-electron chi connectivity index (χ1n) is 6.17. The summed E-state index contributed by atoms with van der Waals surface area (Å²) in [6.07, 6.45) is 2.68. The minimum atomic E-state index is -0.288. The molecule has 1 fully saturated rings. The van der Waals surface area contributed by atoms with Crippen LogP contribution in [-0.2, 0) is 9.53 Å². The predicted octanol–water partition coefficient (Wildman–Crippen LogP) is 1.65. The summed E-state index contributed by atoms with van der Waals surface area (Å²) in [5.74, 6) is 0.836. The number of thioether (sulfide) groups is 1. The third-order valence-electron chi connectivity index (χ3n) is 3.23. The Labute approximate surface area is 107 Å². The van der Waals surface area contributed by atoms with E-state index in [0.29, 0.717) is 5.25 Å². The molecule has 0 amide bonds. The van der Waals surface area contributed by atoms with Gasteiger partial charge in [-0.05, 0) is 24.7 Å². The van der Waals surface area contributed by atoms with Crippen LogP contribution in [0.4, 0.5) is 0 Å². The Balaban J connectivity index is 1.88. The molecule has 5 heteroatoms. The van der Waals surface area contributed by atoms with Gasteiger partial charge in [-0.15, -0.1) is 0 Å². The van der Waals surface area contributed by atoms with E-state index in [1.54, 1.807) is 11.8 Å². The number of hydrogen-bond donors (Lipinski definition) is 1. The number of ether oxygens (including phenoxy) is 1. The molecule has 1 N–H and O–H groups in total. The predicted molar refractivity (Wildman–Crippen MR) is 70.2 cm³/mol. The van der Waals surface area contributed by atoms with Crippen LogP contribution in [0.5, 0.6) is 0 Å². The summed E-state index contributed by atoms with van der Waals surface area (Å²) >= 11 is 1.79. The summed E-state index contributed by atoms with van der Waals surface area (Å²) in [6, 6.07) is -0.288. The minimum Gasteiger partial charge on any atom is -0.467 e. The monoisotopic (exact) mass is 256 g/mol. The zero-order chi connectivity index (χ0) is 12.4. The van der Waals surface area contributed by atoms with Gasteiger partial charge >= 0.3 is 5.97 Å². The Morgan fingerprint density at radius 2 is 2.24 bits per heavy atom. The standard InChI is InChI=1S/C12H20N2O2S/c1-7(2)10(11(15)16-3)14-12-13-6-9(17-12)8-4-5-8/h7-10H,4-6H2,1-3H3,(H,13,14). The van der Waals surface area contributed by atoms with Crippen LogP contribution in [0.3, 0.4) is 0 Å². The Morgan fingerprint density at radius 3 is 2.76 bits per heavy atom. The van der Waals surface area contributed by atoms with E-state index in [4.69, 9.17) is 4.74 Å². The van der Waals surface area contributed by atoms with E-state index in [1.165, 1.54) is 20.0 Å². The fraction of sp³-hybridized carbons (Fsp3) is 0.833. The van der Waals surface area contributed by atoms with Crippen molar-refractivity contribution in [3.8, 4) is 0 Å². The van der Waals surface area contributed by atoms with Crippen LogP contribution in [0.2, 0.25) is 0 Å². The van der Waals surface area contributed by atoms with E-state index in [9.17, 15) is 4.79 Å². The molecular weight excluding hydrogens is 236 g/mol. The number of hydrogen-bond acceptors (Lipinski definition) is 5. The Morgan fingerprint density at radius 1 is 1.53 bits per heavy atom. The minimum absolute atomic E-state index is 0.200. The molecule has 0 aromatic heterocycles. The molecule has 2 atom stereocenters. The fourth-order valence-electron chi connectivity index (χ4n) is 1.94. The van der Waals surface area contributed by atoms with Gasteiger partial charge in [0.2, 0.25) is 0 Å². The SMILES string of the molecule is COC(=O)C(NC1=NCC(C2CC2)S1)C(C)C. The van der Waals surface area contributed by atoms with Gasteiger partial charge in [0, 0.05) is 5.25 Å². The van der Waals surface area contributed by atoms with Crippen molar-refractivity contribution in [3.63, 3.8) is 0 Å². The third-order valence-corrected chi connectivity index (χ3v) is 4.53. The molecule has 1 saturated carbocycles. The Kier molecular flexibility index (Phi) is 3.97. The summed E-state index contributed by atoms with van der Waals surface area (Å²) in [5.41, 5.74) is 0. The van der Waals surface area contributed by atoms with Gasteiger partial charge in [0.15, 0.2) is 5.17 Å². The highest BCUT2D eigenvalue weighted by Gasteiger charge is 2.36. The van der Waals surface area contributed by atoms with Crippen molar-refractivity contribution in [3.05, 3.63) is 0 Å². The topological polar surface area (TPSA) is 50.7 Å². The first-order valence-corrected chi connectivity index (χ1v) is 7.05. The van der Waals surface area contributed by atoms with Gasteiger partial charge < -0.3 is 10.1 Å². The molecule has 0 aromatic rings. The zero-order valence-electron chi connectivity index (χ0n) is 10.6. The van der Waals surface area contributed by atoms with Crippen LogP contribution in [0.15, 0.2) is 4.99 Å². The second-order valence-electron chi connectivity index (χ2n) is 5.03. The number of nitrogens with zero attached hydrogens (tertiary/aromatic N) is 1. The van der Waals surface area contributed by atoms with Crippen LogP contribution in [0, 0.1) is 11.8 Å². The van der Waals surface area contributed by atoms with E-state index in [2.05, 4.69) is 10.3 Å². The smallest absolute Gasteiger partial charge is 0.328 e. The molecule has 1 aliphatic carbocycles. The van der Waals surface area contributed by atoms with Crippen molar-refractivity contribution >= 4 is 22.9 Å². The molecule has 2 unspecified atom stereocenters. The number of esters is 1. The van der Waals surface area contributed by atoms with Gasteiger partial charge in [-0.2, -0.15) is 0 Å². The van der Waals surface area contributed by atoms with Crippen molar-refractivity contribution in [1.82, 2.24) is 5.32 Å². The number of carbonyl (C=O) groups is 1. The van der Waals surface area contributed by atoms with E-state index < -0.39 is 0 Å². The van der Waals surface area contributed by atoms with Gasteiger partial charge in [0.25, 0.3) is 0 Å². The van der Waals surface area contributed by atoms with Crippen LogP contribution >= 0.6 is 11.8 Å². The third kappa shape index (κ3) is 3.15. The molecule has 0 saturated heterocycles. The normalized spacial score (nSPS) is 25.6.